The van der Waals surface area contributed by atoms with Crippen LogP contribution < -0.4 is 5.73 Å². The second kappa shape index (κ2) is 6.91. The average molecular weight is 274 g/mol. The smallest absolute Gasteiger partial charge is 0.323 e. The highest BCUT2D eigenvalue weighted by molar-refractivity contribution is 5.25. The highest BCUT2D eigenvalue weighted by atomic mass is 19.4. The maximum Gasteiger partial charge on any atom is 0.401 e. The quantitative estimate of drug-likeness (QED) is 0.862. The second-order valence-corrected chi connectivity index (χ2v) is 4.87. The Morgan fingerprint density at radius 1 is 1.32 bits per heavy atom. The van der Waals surface area contributed by atoms with Gasteiger partial charge < -0.3 is 5.73 Å². The molecule has 5 heteroatoms. The van der Waals surface area contributed by atoms with Crippen molar-refractivity contribution in [3.8, 4) is 0 Å². The Labute approximate surface area is 112 Å². The van der Waals surface area contributed by atoms with Crippen LogP contribution in [-0.4, -0.2) is 30.7 Å². The number of benzene rings is 1. The number of alkyl halides is 3. The van der Waals surface area contributed by atoms with Crippen LogP contribution in [0.25, 0.3) is 0 Å². The van der Waals surface area contributed by atoms with E-state index in [1.165, 1.54) is 4.90 Å². The normalized spacial score (nSPS) is 13.8. The van der Waals surface area contributed by atoms with Crippen LogP contribution in [0.15, 0.2) is 24.3 Å². The van der Waals surface area contributed by atoms with E-state index in [-0.39, 0.29) is 6.54 Å². The van der Waals surface area contributed by atoms with Gasteiger partial charge in [0.2, 0.25) is 0 Å². The maximum absolute atomic E-state index is 12.5. The molecule has 0 saturated carbocycles. The molecule has 19 heavy (non-hydrogen) atoms. The van der Waals surface area contributed by atoms with Gasteiger partial charge >= 0.3 is 6.18 Å². The summed E-state index contributed by atoms with van der Waals surface area (Å²) in [5.41, 5.74) is 7.94. The van der Waals surface area contributed by atoms with Gasteiger partial charge in [0.1, 0.15) is 0 Å². The molecule has 0 bridgehead atoms. The van der Waals surface area contributed by atoms with Crippen LogP contribution >= 0.6 is 0 Å². The fraction of sp³-hybridized carbons (Fsp3) is 0.571. The first-order valence-corrected chi connectivity index (χ1v) is 6.43. The number of aryl methyl sites for hydroxylation is 1. The van der Waals surface area contributed by atoms with Crippen molar-refractivity contribution in [2.45, 2.75) is 32.5 Å². The molecule has 1 aromatic rings. The van der Waals surface area contributed by atoms with Gasteiger partial charge in [-0.15, -0.1) is 0 Å². The van der Waals surface area contributed by atoms with Crippen LogP contribution in [0, 0.1) is 6.92 Å². The van der Waals surface area contributed by atoms with Crippen molar-refractivity contribution in [1.29, 1.82) is 0 Å². The summed E-state index contributed by atoms with van der Waals surface area (Å²) in [6.45, 7) is 3.52. The molecule has 0 fully saturated rings. The number of nitrogens with two attached hydrogens (primary N) is 1. The van der Waals surface area contributed by atoms with Crippen molar-refractivity contribution >= 4 is 0 Å². The molecule has 0 aliphatic rings. The van der Waals surface area contributed by atoms with E-state index in [4.69, 9.17) is 5.73 Å². The molecule has 0 heterocycles. The topological polar surface area (TPSA) is 29.3 Å². The van der Waals surface area contributed by atoms with Crippen LogP contribution in [0.3, 0.4) is 0 Å². The predicted octanol–water partition coefficient (Wildman–Crippen LogP) is 3.27. The molecule has 0 radical (unpaired) electrons. The fourth-order valence-corrected chi connectivity index (χ4v) is 2.09. The van der Waals surface area contributed by atoms with Crippen LogP contribution in [0.4, 0.5) is 13.2 Å². The predicted molar refractivity (Wildman–Crippen MR) is 70.9 cm³/mol. The number of hydrogen-bond donors (Lipinski definition) is 1. The molecule has 1 aromatic carbocycles. The molecule has 2 nitrogen and oxygen atoms in total. The van der Waals surface area contributed by atoms with E-state index in [2.05, 4.69) is 0 Å². The highest BCUT2D eigenvalue weighted by Gasteiger charge is 2.31. The molecule has 0 spiro atoms. The zero-order valence-electron chi connectivity index (χ0n) is 11.4. The zero-order valence-corrected chi connectivity index (χ0v) is 11.4. The molecule has 1 unspecified atom stereocenters. The minimum absolute atomic E-state index is 0.219. The summed E-state index contributed by atoms with van der Waals surface area (Å²) in [7, 11) is 0. The molecular weight excluding hydrogens is 253 g/mol. The lowest BCUT2D eigenvalue weighted by atomic mass is 10.0. The second-order valence-electron chi connectivity index (χ2n) is 4.87. The van der Waals surface area contributed by atoms with E-state index in [0.29, 0.717) is 13.0 Å². The Kier molecular flexibility index (Phi) is 5.82. The van der Waals surface area contributed by atoms with Crippen molar-refractivity contribution in [2.75, 3.05) is 19.6 Å². The van der Waals surface area contributed by atoms with Gasteiger partial charge in [-0.1, -0.05) is 36.8 Å². The average Bonchev–Trinajstić information content (AvgIpc) is 2.27. The van der Waals surface area contributed by atoms with Crippen molar-refractivity contribution < 1.29 is 13.2 Å². The Bertz CT molecular complexity index is 391. The first-order chi connectivity index (χ1) is 8.81. The SMILES string of the molecule is CCCN(CC(N)c1cccc(C)c1)CC(F)(F)F. The van der Waals surface area contributed by atoms with E-state index < -0.39 is 18.8 Å². The van der Waals surface area contributed by atoms with Gasteiger partial charge in [0, 0.05) is 12.6 Å². The Morgan fingerprint density at radius 3 is 2.53 bits per heavy atom. The summed E-state index contributed by atoms with van der Waals surface area (Å²) < 4.78 is 37.4. The number of rotatable bonds is 6. The lowest BCUT2D eigenvalue weighted by Gasteiger charge is -2.26. The Hall–Kier alpha value is -1.07. The minimum Gasteiger partial charge on any atom is -0.323 e. The van der Waals surface area contributed by atoms with Crippen molar-refractivity contribution in [1.82, 2.24) is 4.90 Å². The molecule has 0 aliphatic heterocycles. The van der Waals surface area contributed by atoms with Gasteiger partial charge in [-0.05, 0) is 25.5 Å². The molecule has 0 aromatic heterocycles. The highest BCUT2D eigenvalue weighted by Crippen LogP contribution is 2.19. The lowest BCUT2D eigenvalue weighted by Crippen LogP contribution is -2.39. The van der Waals surface area contributed by atoms with E-state index in [9.17, 15) is 13.2 Å². The van der Waals surface area contributed by atoms with Crippen LogP contribution in [0.1, 0.15) is 30.5 Å². The summed E-state index contributed by atoms with van der Waals surface area (Å²) in [6, 6.07) is 7.19. The third-order valence-corrected chi connectivity index (χ3v) is 2.87. The monoisotopic (exact) mass is 274 g/mol. The zero-order chi connectivity index (χ0) is 14.5. The molecule has 0 amide bonds. The van der Waals surface area contributed by atoms with Gasteiger partial charge in [-0.3, -0.25) is 4.90 Å². The summed E-state index contributed by atoms with van der Waals surface area (Å²) in [4.78, 5) is 1.37. The van der Waals surface area contributed by atoms with Gasteiger partial charge in [-0.25, -0.2) is 0 Å². The molecule has 0 saturated heterocycles. The third-order valence-electron chi connectivity index (χ3n) is 2.87. The van der Waals surface area contributed by atoms with E-state index in [0.717, 1.165) is 11.1 Å². The van der Waals surface area contributed by atoms with Crippen molar-refractivity contribution in [2.24, 2.45) is 5.73 Å². The lowest BCUT2D eigenvalue weighted by molar-refractivity contribution is -0.146. The molecule has 2 N–H and O–H groups in total. The van der Waals surface area contributed by atoms with Crippen molar-refractivity contribution in [3.05, 3.63) is 35.4 Å². The number of hydrogen-bond acceptors (Lipinski definition) is 2. The van der Waals surface area contributed by atoms with Crippen LogP contribution in [0.2, 0.25) is 0 Å². The van der Waals surface area contributed by atoms with Gasteiger partial charge in [0.05, 0.1) is 6.54 Å². The maximum atomic E-state index is 12.5. The first kappa shape index (κ1) is 16.0. The molecule has 1 rings (SSSR count). The van der Waals surface area contributed by atoms with Gasteiger partial charge in [-0.2, -0.15) is 13.2 Å². The van der Waals surface area contributed by atoms with E-state index in [1.54, 1.807) is 0 Å². The fourth-order valence-electron chi connectivity index (χ4n) is 2.09. The molecule has 108 valence electrons. The van der Waals surface area contributed by atoms with Gasteiger partial charge in [0.25, 0.3) is 0 Å². The number of halogens is 3. The standard InChI is InChI=1S/C14H21F3N2/c1-3-7-19(10-14(15,16)17)9-13(18)12-6-4-5-11(2)8-12/h4-6,8,13H,3,7,9-10,18H2,1-2H3. The van der Waals surface area contributed by atoms with Gasteiger partial charge in [0.15, 0.2) is 0 Å². The van der Waals surface area contributed by atoms with E-state index >= 15 is 0 Å². The Morgan fingerprint density at radius 2 is 2.00 bits per heavy atom. The largest absolute Gasteiger partial charge is 0.401 e. The number of nitrogens with zero attached hydrogens (tertiary/aromatic N) is 1. The summed E-state index contributed by atoms with van der Waals surface area (Å²) in [5, 5.41) is 0. The minimum atomic E-state index is -4.18. The Balaban J connectivity index is 2.68. The molecular formula is C14H21F3N2. The first-order valence-electron chi connectivity index (χ1n) is 6.43. The van der Waals surface area contributed by atoms with Crippen LogP contribution in [0.5, 0.6) is 0 Å². The third kappa shape index (κ3) is 6.07. The molecule has 0 aliphatic carbocycles. The van der Waals surface area contributed by atoms with Crippen molar-refractivity contribution in [3.63, 3.8) is 0 Å². The van der Waals surface area contributed by atoms with Crippen LogP contribution in [-0.2, 0) is 0 Å². The summed E-state index contributed by atoms with van der Waals surface area (Å²) in [6.07, 6.45) is -3.50. The summed E-state index contributed by atoms with van der Waals surface area (Å²) in [5.74, 6) is 0. The van der Waals surface area contributed by atoms with E-state index in [1.807, 2.05) is 38.1 Å². The summed E-state index contributed by atoms with van der Waals surface area (Å²) >= 11 is 0. The molecule has 1 atom stereocenters.